The molecule has 19 heavy (non-hydrogen) atoms. The van der Waals surface area contributed by atoms with Gasteiger partial charge in [-0.2, -0.15) is 0 Å². The summed E-state index contributed by atoms with van der Waals surface area (Å²) in [6.07, 6.45) is 5.19. The van der Waals surface area contributed by atoms with Crippen LogP contribution in [-0.2, 0) is 4.74 Å². The Balaban J connectivity index is 1.64. The summed E-state index contributed by atoms with van der Waals surface area (Å²) in [7, 11) is 0. The van der Waals surface area contributed by atoms with Crippen molar-refractivity contribution >= 4 is 6.09 Å². The molecule has 6 heteroatoms. The summed E-state index contributed by atoms with van der Waals surface area (Å²) in [4.78, 5) is 13.6. The zero-order valence-corrected chi connectivity index (χ0v) is 11.2. The van der Waals surface area contributed by atoms with E-state index in [1.54, 1.807) is 4.90 Å². The first-order chi connectivity index (χ1) is 9.34. The summed E-state index contributed by atoms with van der Waals surface area (Å²) in [5.41, 5.74) is 1.40. The zero-order valence-electron chi connectivity index (χ0n) is 11.2. The van der Waals surface area contributed by atoms with Gasteiger partial charge in [0.15, 0.2) is 0 Å². The molecule has 2 atom stereocenters. The van der Waals surface area contributed by atoms with Crippen LogP contribution in [0.2, 0.25) is 0 Å². The Bertz CT molecular complexity index is 372. The van der Waals surface area contributed by atoms with Gasteiger partial charge in [-0.05, 0) is 31.0 Å². The van der Waals surface area contributed by atoms with E-state index in [4.69, 9.17) is 4.74 Å². The van der Waals surface area contributed by atoms with Gasteiger partial charge in [0.2, 0.25) is 0 Å². The average molecular weight is 266 g/mol. The van der Waals surface area contributed by atoms with Gasteiger partial charge in [0.05, 0.1) is 12.8 Å². The number of carbonyl (C=O) groups excluding carboxylic acids is 1. The Kier molecular flexibility index (Phi) is 3.89. The topological polar surface area (TPSA) is 65.6 Å². The van der Waals surface area contributed by atoms with Gasteiger partial charge in [0.1, 0.15) is 0 Å². The molecule has 0 aliphatic carbocycles. The molecule has 3 heterocycles. The standard InChI is InChI=1S/C13H22N4O2/c18-13-17(5-2-6-19-13)12-9-15-8-11(16-12)10-3-1-4-14-7-10/h7,11-12,14-16H,1-6,8-9H2. The maximum Gasteiger partial charge on any atom is 0.411 e. The number of ether oxygens (including phenoxy) is 1. The number of hydrogen-bond donors (Lipinski definition) is 3. The number of nitrogens with one attached hydrogen (secondary N) is 3. The van der Waals surface area contributed by atoms with E-state index in [0.29, 0.717) is 12.6 Å². The lowest BCUT2D eigenvalue weighted by atomic mass is 9.99. The van der Waals surface area contributed by atoms with E-state index in [0.717, 1.165) is 39.0 Å². The lowest BCUT2D eigenvalue weighted by Gasteiger charge is -2.41. The molecule has 3 N–H and O–H groups in total. The quantitative estimate of drug-likeness (QED) is 0.656. The van der Waals surface area contributed by atoms with E-state index < -0.39 is 0 Å². The molecule has 0 saturated carbocycles. The predicted molar refractivity (Wildman–Crippen MR) is 71.6 cm³/mol. The van der Waals surface area contributed by atoms with Crippen LogP contribution in [0.5, 0.6) is 0 Å². The largest absolute Gasteiger partial charge is 0.449 e. The minimum Gasteiger partial charge on any atom is -0.449 e. The highest BCUT2D eigenvalue weighted by Gasteiger charge is 2.32. The summed E-state index contributed by atoms with van der Waals surface area (Å²) in [5, 5.41) is 10.3. The van der Waals surface area contributed by atoms with Crippen molar-refractivity contribution < 1.29 is 9.53 Å². The van der Waals surface area contributed by atoms with Crippen molar-refractivity contribution in [2.24, 2.45) is 0 Å². The van der Waals surface area contributed by atoms with E-state index in [1.807, 2.05) is 0 Å². The Labute approximate surface area is 113 Å². The third kappa shape index (κ3) is 2.84. The molecule has 2 saturated heterocycles. The van der Waals surface area contributed by atoms with Gasteiger partial charge in [0.25, 0.3) is 0 Å². The van der Waals surface area contributed by atoms with Crippen molar-refractivity contribution in [2.75, 3.05) is 32.8 Å². The summed E-state index contributed by atoms with van der Waals surface area (Å²) in [5.74, 6) is 0. The lowest BCUT2D eigenvalue weighted by molar-refractivity contribution is 0.0411. The smallest absolute Gasteiger partial charge is 0.411 e. The van der Waals surface area contributed by atoms with E-state index >= 15 is 0 Å². The SMILES string of the molecule is O=C1OCCCN1C1CNCC(C2=CNCCC2)N1. The molecule has 0 spiro atoms. The highest BCUT2D eigenvalue weighted by molar-refractivity contribution is 5.68. The zero-order chi connectivity index (χ0) is 13.1. The summed E-state index contributed by atoms with van der Waals surface area (Å²) < 4.78 is 5.12. The minimum absolute atomic E-state index is 0.0365. The first kappa shape index (κ1) is 12.7. The number of piperazine rings is 1. The maximum atomic E-state index is 11.8. The Morgan fingerprint density at radius 3 is 3.05 bits per heavy atom. The molecule has 6 nitrogen and oxygen atoms in total. The molecule has 3 aliphatic heterocycles. The average Bonchev–Trinajstić information content (AvgIpc) is 2.49. The molecule has 3 aliphatic rings. The molecule has 0 aromatic rings. The predicted octanol–water partition coefficient (Wildman–Crippen LogP) is -0.0165. The van der Waals surface area contributed by atoms with Crippen LogP contribution in [-0.4, -0.2) is 56.0 Å². The molecule has 0 aromatic carbocycles. The monoisotopic (exact) mass is 266 g/mol. The van der Waals surface area contributed by atoms with Gasteiger partial charge in [-0.3, -0.25) is 10.2 Å². The number of rotatable bonds is 2. The van der Waals surface area contributed by atoms with Crippen molar-refractivity contribution in [3.05, 3.63) is 11.8 Å². The molecular weight excluding hydrogens is 244 g/mol. The lowest BCUT2D eigenvalue weighted by Crippen LogP contribution is -2.64. The molecule has 0 radical (unpaired) electrons. The van der Waals surface area contributed by atoms with Gasteiger partial charge in [-0.1, -0.05) is 0 Å². The second kappa shape index (κ2) is 5.79. The fourth-order valence-electron chi connectivity index (χ4n) is 2.95. The molecule has 1 amide bonds. The van der Waals surface area contributed by atoms with Crippen LogP contribution in [0.15, 0.2) is 11.8 Å². The molecule has 106 valence electrons. The highest BCUT2D eigenvalue weighted by Crippen LogP contribution is 2.17. The van der Waals surface area contributed by atoms with Gasteiger partial charge < -0.3 is 15.4 Å². The molecule has 2 fully saturated rings. The number of cyclic esters (lactones) is 1. The summed E-state index contributed by atoms with van der Waals surface area (Å²) in [6, 6.07) is 0.307. The Hall–Kier alpha value is -1.27. The molecular formula is C13H22N4O2. The highest BCUT2D eigenvalue weighted by atomic mass is 16.6. The van der Waals surface area contributed by atoms with Crippen LogP contribution < -0.4 is 16.0 Å². The third-order valence-electron chi connectivity index (χ3n) is 3.98. The normalized spacial score (nSPS) is 32.3. The third-order valence-corrected chi connectivity index (χ3v) is 3.98. The fourth-order valence-corrected chi connectivity index (χ4v) is 2.95. The van der Waals surface area contributed by atoms with Crippen molar-refractivity contribution in [3.63, 3.8) is 0 Å². The number of amides is 1. The van der Waals surface area contributed by atoms with Crippen LogP contribution in [0.1, 0.15) is 19.3 Å². The number of nitrogens with zero attached hydrogens (tertiary/aromatic N) is 1. The van der Waals surface area contributed by atoms with Crippen molar-refractivity contribution in [1.29, 1.82) is 0 Å². The van der Waals surface area contributed by atoms with E-state index in [-0.39, 0.29) is 12.3 Å². The van der Waals surface area contributed by atoms with Crippen LogP contribution in [0, 0.1) is 0 Å². The van der Waals surface area contributed by atoms with Crippen molar-refractivity contribution in [1.82, 2.24) is 20.9 Å². The second-order valence-corrected chi connectivity index (χ2v) is 5.33. The van der Waals surface area contributed by atoms with Crippen molar-refractivity contribution in [3.8, 4) is 0 Å². The van der Waals surface area contributed by atoms with E-state index in [9.17, 15) is 4.79 Å². The van der Waals surface area contributed by atoms with E-state index in [1.165, 1.54) is 12.0 Å². The van der Waals surface area contributed by atoms with E-state index in [2.05, 4.69) is 22.2 Å². The first-order valence-corrected chi connectivity index (χ1v) is 7.17. The molecule has 2 unspecified atom stereocenters. The van der Waals surface area contributed by atoms with Crippen LogP contribution in [0.3, 0.4) is 0 Å². The summed E-state index contributed by atoms with van der Waals surface area (Å²) >= 11 is 0. The molecule has 0 aromatic heterocycles. The fraction of sp³-hybridized carbons (Fsp3) is 0.769. The van der Waals surface area contributed by atoms with Crippen molar-refractivity contribution in [2.45, 2.75) is 31.5 Å². The molecule has 0 bridgehead atoms. The van der Waals surface area contributed by atoms with Crippen LogP contribution in [0.4, 0.5) is 4.79 Å². The van der Waals surface area contributed by atoms with Crippen LogP contribution >= 0.6 is 0 Å². The Morgan fingerprint density at radius 2 is 2.26 bits per heavy atom. The first-order valence-electron chi connectivity index (χ1n) is 7.17. The molecule has 3 rings (SSSR count). The number of carbonyl (C=O) groups is 1. The van der Waals surface area contributed by atoms with Gasteiger partial charge in [0, 0.05) is 32.2 Å². The summed E-state index contributed by atoms with van der Waals surface area (Å²) in [6.45, 7) is 4.10. The minimum atomic E-state index is -0.193. The maximum absolute atomic E-state index is 11.8. The second-order valence-electron chi connectivity index (χ2n) is 5.33. The number of hydrogen-bond acceptors (Lipinski definition) is 5. The van der Waals surface area contributed by atoms with Gasteiger partial charge in [-0.25, -0.2) is 4.79 Å². The van der Waals surface area contributed by atoms with Gasteiger partial charge >= 0.3 is 6.09 Å². The Morgan fingerprint density at radius 1 is 1.32 bits per heavy atom. The van der Waals surface area contributed by atoms with Gasteiger partial charge in [-0.15, -0.1) is 0 Å². The van der Waals surface area contributed by atoms with Crippen LogP contribution in [0.25, 0.3) is 0 Å².